The number of benzene rings is 2. The Hall–Kier alpha value is -1.92. The highest BCUT2D eigenvalue weighted by atomic mass is 79.9. The number of hydrogen-bond acceptors (Lipinski definition) is 2. The first-order valence-corrected chi connectivity index (χ1v) is 8.51. The molecule has 1 amide bonds. The van der Waals surface area contributed by atoms with Crippen molar-refractivity contribution in [1.82, 2.24) is 9.78 Å². The van der Waals surface area contributed by atoms with Crippen LogP contribution in [-0.4, -0.2) is 15.7 Å². The van der Waals surface area contributed by atoms with Crippen molar-refractivity contribution in [3.8, 4) is 5.69 Å². The minimum absolute atomic E-state index is 0.245. The van der Waals surface area contributed by atoms with E-state index in [0.29, 0.717) is 11.4 Å². The first kappa shape index (κ1) is 16.0. The number of carbonyl (C=O) groups excluding carboxylic acids is 1. The van der Waals surface area contributed by atoms with Gasteiger partial charge in [-0.25, -0.2) is 4.68 Å². The van der Waals surface area contributed by atoms with E-state index in [0.717, 1.165) is 20.3 Å². The van der Waals surface area contributed by atoms with E-state index in [9.17, 15) is 4.79 Å². The van der Waals surface area contributed by atoms with Gasteiger partial charge in [-0.3, -0.25) is 4.79 Å². The molecule has 3 rings (SSSR count). The van der Waals surface area contributed by atoms with Crippen LogP contribution in [0.1, 0.15) is 16.2 Å². The van der Waals surface area contributed by atoms with E-state index in [1.807, 2.05) is 55.5 Å². The van der Waals surface area contributed by atoms with Gasteiger partial charge < -0.3 is 5.32 Å². The van der Waals surface area contributed by atoms with E-state index in [2.05, 4.69) is 42.3 Å². The molecule has 0 saturated carbocycles. The molecule has 3 aromatic rings. The Bertz CT molecular complexity index is 860. The van der Waals surface area contributed by atoms with Gasteiger partial charge in [0.1, 0.15) is 0 Å². The number of nitrogens with one attached hydrogen (secondary N) is 1. The van der Waals surface area contributed by atoms with Crippen LogP contribution in [0.4, 0.5) is 5.69 Å². The van der Waals surface area contributed by atoms with Crippen molar-refractivity contribution in [2.24, 2.45) is 0 Å². The van der Waals surface area contributed by atoms with Gasteiger partial charge in [0.25, 0.3) is 5.91 Å². The zero-order chi connectivity index (χ0) is 16.4. The second-order valence-electron chi connectivity index (χ2n) is 5.00. The summed E-state index contributed by atoms with van der Waals surface area (Å²) in [5.41, 5.74) is 2.90. The van der Waals surface area contributed by atoms with Gasteiger partial charge in [0.15, 0.2) is 5.69 Å². The summed E-state index contributed by atoms with van der Waals surface area (Å²) >= 11 is 6.82. The summed E-state index contributed by atoms with van der Waals surface area (Å²) in [5.74, 6) is -0.245. The number of rotatable bonds is 3. The molecule has 0 radical (unpaired) electrons. The maximum absolute atomic E-state index is 12.4. The topological polar surface area (TPSA) is 46.9 Å². The number of aryl methyl sites for hydroxylation is 1. The number of amides is 1. The zero-order valence-corrected chi connectivity index (χ0v) is 15.4. The Morgan fingerprint density at radius 1 is 1.09 bits per heavy atom. The maximum atomic E-state index is 12.4. The molecular weight excluding hydrogens is 422 g/mol. The predicted octanol–water partition coefficient (Wildman–Crippen LogP) is 4.96. The smallest absolute Gasteiger partial charge is 0.276 e. The Kier molecular flexibility index (Phi) is 4.63. The van der Waals surface area contributed by atoms with Crippen LogP contribution < -0.4 is 5.32 Å². The summed E-state index contributed by atoms with van der Waals surface area (Å²) in [5, 5.41) is 7.27. The molecule has 0 atom stereocenters. The quantitative estimate of drug-likeness (QED) is 0.633. The average Bonchev–Trinajstić information content (AvgIpc) is 2.93. The SMILES string of the molecule is Cc1cc(C(=O)Nc2ccc(Br)cc2Br)nn1-c1ccccc1. The number of halogens is 2. The van der Waals surface area contributed by atoms with Gasteiger partial charge >= 0.3 is 0 Å². The lowest BCUT2D eigenvalue weighted by Crippen LogP contribution is -2.13. The highest BCUT2D eigenvalue weighted by Gasteiger charge is 2.14. The van der Waals surface area contributed by atoms with Crippen LogP contribution in [0.2, 0.25) is 0 Å². The van der Waals surface area contributed by atoms with Crippen molar-refractivity contribution in [2.75, 3.05) is 5.32 Å². The van der Waals surface area contributed by atoms with E-state index in [1.54, 1.807) is 10.7 Å². The number of nitrogens with zero attached hydrogens (tertiary/aromatic N) is 2. The molecule has 0 fully saturated rings. The van der Waals surface area contributed by atoms with Gasteiger partial charge in [-0.2, -0.15) is 5.10 Å². The fourth-order valence-corrected chi connectivity index (χ4v) is 3.34. The van der Waals surface area contributed by atoms with Gasteiger partial charge in [0.2, 0.25) is 0 Å². The van der Waals surface area contributed by atoms with E-state index in [-0.39, 0.29) is 5.91 Å². The molecule has 1 heterocycles. The van der Waals surface area contributed by atoms with Crippen LogP contribution in [-0.2, 0) is 0 Å². The van der Waals surface area contributed by atoms with E-state index < -0.39 is 0 Å². The fourth-order valence-electron chi connectivity index (χ4n) is 2.19. The summed E-state index contributed by atoms with van der Waals surface area (Å²) < 4.78 is 3.50. The normalized spacial score (nSPS) is 10.6. The molecule has 23 heavy (non-hydrogen) atoms. The second-order valence-corrected chi connectivity index (χ2v) is 6.77. The molecule has 0 unspecified atom stereocenters. The Balaban J connectivity index is 1.86. The van der Waals surface area contributed by atoms with Gasteiger partial charge in [0.05, 0.1) is 11.4 Å². The van der Waals surface area contributed by atoms with Crippen molar-refractivity contribution >= 4 is 43.5 Å². The number of aromatic nitrogens is 2. The minimum atomic E-state index is -0.245. The number of hydrogen-bond donors (Lipinski definition) is 1. The summed E-state index contributed by atoms with van der Waals surface area (Å²) in [7, 11) is 0. The monoisotopic (exact) mass is 433 g/mol. The lowest BCUT2D eigenvalue weighted by molar-refractivity contribution is 0.102. The molecule has 4 nitrogen and oxygen atoms in total. The molecule has 0 bridgehead atoms. The standard InChI is InChI=1S/C17H13Br2N3O/c1-11-9-16(21-22(11)13-5-3-2-4-6-13)17(23)20-15-8-7-12(18)10-14(15)19/h2-10H,1H3,(H,20,23). The summed E-state index contributed by atoms with van der Waals surface area (Å²) in [6, 6.07) is 17.1. The average molecular weight is 435 g/mol. The molecule has 0 aliphatic carbocycles. The Morgan fingerprint density at radius 3 is 2.52 bits per heavy atom. The maximum Gasteiger partial charge on any atom is 0.276 e. The zero-order valence-electron chi connectivity index (χ0n) is 12.3. The molecule has 0 saturated heterocycles. The molecule has 0 aliphatic rings. The molecule has 1 N–H and O–H groups in total. The third-order valence-corrected chi connectivity index (χ3v) is 4.45. The van der Waals surface area contributed by atoms with Gasteiger partial charge in [-0.1, -0.05) is 34.1 Å². The molecule has 6 heteroatoms. The molecule has 1 aromatic heterocycles. The van der Waals surface area contributed by atoms with Crippen LogP contribution >= 0.6 is 31.9 Å². The molecule has 0 spiro atoms. The Morgan fingerprint density at radius 2 is 1.83 bits per heavy atom. The minimum Gasteiger partial charge on any atom is -0.320 e. The lowest BCUT2D eigenvalue weighted by Gasteiger charge is -2.06. The predicted molar refractivity (Wildman–Crippen MR) is 98.1 cm³/mol. The molecular formula is C17H13Br2N3O. The van der Waals surface area contributed by atoms with Crippen LogP contribution in [0.3, 0.4) is 0 Å². The summed E-state index contributed by atoms with van der Waals surface area (Å²) in [6.07, 6.45) is 0. The number of para-hydroxylation sites is 1. The van der Waals surface area contributed by atoms with Gasteiger partial charge in [0, 0.05) is 14.6 Å². The highest BCUT2D eigenvalue weighted by Crippen LogP contribution is 2.26. The third kappa shape index (κ3) is 3.54. The first-order chi connectivity index (χ1) is 11.0. The first-order valence-electron chi connectivity index (χ1n) is 6.93. The van der Waals surface area contributed by atoms with Crippen molar-refractivity contribution in [1.29, 1.82) is 0 Å². The van der Waals surface area contributed by atoms with Gasteiger partial charge in [-0.05, 0) is 59.3 Å². The van der Waals surface area contributed by atoms with Crippen molar-refractivity contribution < 1.29 is 4.79 Å². The van der Waals surface area contributed by atoms with Crippen molar-refractivity contribution in [3.05, 3.63) is 74.9 Å². The van der Waals surface area contributed by atoms with Crippen LogP contribution in [0.15, 0.2) is 63.5 Å². The second kappa shape index (κ2) is 6.68. The van der Waals surface area contributed by atoms with Crippen molar-refractivity contribution in [2.45, 2.75) is 6.92 Å². The summed E-state index contributed by atoms with van der Waals surface area (Å²) in [4.78, 5) is 12.4. The molecule has 2 aromatic carbocycles. The summed E-state index contributed by atoms with van der Waals surface area (Å²) in [6.45, 7) is 1.92. The van der Waals surface area contributed by atoms with Crippen LogP contribution in [0.25, 0.3) is 5.69 Å². The number of anilines is 1. The van der Waals surface area contributed by atoms with Gasteiger partial charge in [-0.15, -0.1) is 0 Å². The lowest BCUT2D eigenvalue weighted by atomic mass is 10.3. The highest BCUT2D eigenvalue weighted by molar-refractivity contribution is 9.11. The van der Waals surface area contributed by atoms with Crippen LogP contribution in [0, 0.1) is 6.92 Å². The number of carbonyl (C=O) groups is 1. The van der Waals surface area contributed by atoms with Crippen LogP contribution in [0.5, 0.6) is 0 Å². The van der Waals surface area contributed by atoms with E-state index in [1.165, 1.54) is 0 Å². The molecule has 116 valence electrons. The molecule has 0 aliphatic heterocycles. The van der Waals surface area contributed by atoms with E-state index in [4.69, 9.17) is 0 Å². The Labute approximate surface area is 150 Å². The largest absolute Gasteiger partial charge is 0.320 e. The fraction of sp³-hybridized carbons (Fsp3) is 0.0588. The van der Waals surface area contributed by atoms with Crippen molar-refractivity contribution in [3.63, 3.8) is 0 Å². The third-order valence-electron chi connectivity index (χ3n) is 3.30. The van der Waals surface area contributed by atoms with E-state index >= 15 is 0 Å².